The van der Waals surface area contributed by atoms with Crippen LogP contribution in [0, 0.1) is 0 Å². The van der Waals surface area contributed by atoms with E-state index in [1.807, 2.05) is 71.6 Å². The van der Waals surface area contributed by atoms with E-state index >= 15 is 0 Å². The Kier molecular flexibility index (Phi) is 32.2. The number of carbonyl (C=O) groups excluding carboxylic acids is 5. The Bertz CT molecular complexity index is 6380. The van der Waals surface area contributed by atoms with Crippen LogP contribution < -0.4 is 21.3 Å². The van der Waals surface area contributed by atoms with E-state index in [1.54, 1.807) is 133 Å². The molecule has 0 spiro atoms. The van der Waals surface area contributed by atoms with Crippen molar-refractivity contribution in [1.29, 1.82) is 0 Å². The molecule has 36 heteroatoms. The van der Waals surface area contributed by atoms with Crippen molar-refractivity contribution in [2.24, 2.45) is 0 Å². The third kappa shape index (κ3) is 25.4. The Labute approximate surface area is 756 Å². The number of nitrogens with zero attached hydrogens (tertiary/aromatic N) is 9. The minimum atomic E-state index is -3.71. The molecule has 3 fully saturated rings. The van der Waals surface area contributed by atoms with E-state index < -0.39 is 46.0 Å². The number of piperidine rings is 1. The van der Waals surface area contributed by atoms with Gasteiger partial charge in [-0.15, -0.1) is 0 Å². The third-order valence-corrected chi connectivity index (χ3v) is 28.3. The van der Waals surface area contributed by atoms with Gasteiger partial charge < -0.3 is 36.4 Å². The lowest BCUT2D eigenvalue weighted by Crippen LogP contribution is -2.49. The van der Waals surface area contributed by atoms with Crippen molar-refractivity contribution >= 4 is 139 Å². The maximum atomic E-state index is 13.0. The molecule has 3 saturated heterocycles. The number of halogens is 4. The standard InChI is InChI=1S/C24H23ClN4O4S.C24H25ClN4O4S.C23H22ClN3O4S.C20H17ClN2O3S/c1-17(30)28-12-14-29(15-13-28)34(32,33)20-8-5-18(6-9-20)24(31)27-19-7-10-22(25)21(16-19)23-4-2-3-11-26-23;25-22-9-6-19(17-21(22)23-3-1-2-10-26-23)27-24(31)18-4-7-20(8-5-18)34(32,33)29-13-11-28(12-14-29)15-16-30;24-21-9-6-17(15-20(21)22-3-1-2-12-25-22)26-23(29)16-4-7-19(8-5-16)32(30,31)27-13-10-18(28)11-14-27;1-27(25,26)13-14-5-7-15(8-6-14)20(24)23-16-9-10-18(21)17(12-16)19-4-2-3-11-22-19/h2-11,16H,12-15H2,1H3,(H,27,31);1-10,17,30H,11-16H2,(H,27,31);1-9,12,15,18,28H,10-11,13-14H2,(H,26,29);2-12H,13H2,1H3,(H,23,24). The Balaban J connectivity index is 0.000000154. The lowest BCUT2D eigenvalue weighted by Gasteiger charge is -2.33. The largest absolute Gasteiger partial charge is 0.395 e. The molecule has 28 nitrogen and oxygen atoms in total. The van der Waals surface area contributed by atoms with Crippen LogP contribution >= 0.6 is 46.4 Å². The summed E-state index contributed by atoms with van der Waals surface area (Å²) in [5.74, 6) is -1.54. The lowest BCUT2D eigenvalue weighted by molar-refractivity contribution is -0.130. The maximum Gasteiger partial charge on any atom is 0.255 e. The van der Waals surface area contributed by atoms with E-state index in [4.69, 9.17) is 51.5 Å². The van der Waals surface area contributed by atoms with Gasteiger partial charge in [0.2, 0.25) is 36.0 Å². The van der Waals surface area contributed by atoms with E-state index in [9.17, 15) is 62.8 Å². The molecule has 0 aliphatic carbocycles. The predicted octanol–water partition coefficient (Wildman–Crippen LogP) is 14.5. The van der Waals surface area contributed by atoms with Crippen molar-refractivity contribution in [3.63, 3.8) is 0 Å². The van der Waals surface area contributed by atoms with Crippen molar-refractivity contribution in [3.8, 4) is 45.0 Å². The first-order chi connectivity index (χ1) is 60.8. The average Bonchev–Trinajstić information content (AvgIpc) is 0.801. The Morgan fingerprint density at radius 1 is 0.370 bits per heavy atom. The molecule has 0 atom stereocenters. The third-order valence-electron chi connectivity index (χ3n) is 20.4. The van der Waals surface area contributed by atoms with Crippen LogP contribution in [-0.2, 0) is 50.5 Å². The van der Waals surface area contributed by atoms with Gasteiger partial charge in [-0.1, -0.05) is 82.8 Å². The normalized spacial score (nSPS) is 14.3. The second kappa shape index (κ2) is 43.3. The highest BCUT2D eigenvalue weighted by molar-refractivity contribution is 7.90. The summed E-state index contributed by atoms with van der Waals surface area (Å²) >= 11 is 25.1. The van der Waals surface area contributed by atoms with Crippen LogP contribution in [0.3, 0.4) is 0 Å². The minimum absolute atomic E-state index is 0.0523. The van der Waals surface area contributed by atoms with E-state index in [2.05, 4.69) is 41.2 Å². The SMILES string of the molecule is CC(=O)N1CCN(S(=O)(=O)c2ccc(C(=O)Nc3ccc(Cl)c(-c4ccccn4)c3)cc2)CC1.CS(=O)(=O)Cc1ccc(C(=O)Nc2ccc(Cl)c(-c3ccccn3)c2)cc1.O=C(Nc1ccc(Cl)c(-c2ccccn2)c1)c1ccc(S(=O)(=O)N2CCC(O)CC2)cc1.O=C(Nc1ccc(Cl)c(-c2ccccn2)c1)c1ccc(S(=O)(=O)N2CCN(CCO)CC2)cc1. The van der Waals surface area contributed by atoms with Crippen LogP contribution in [0.5, 0.6) is 0 Å². The topological polar surface area (TPSA) is 378 Å². The summed E-state index contributed by atoms with van der Waals surface area (Å²) in [7, 11) is -14.1. The Morgan fingerprint density at radius 2 is 0.646 bits per heavy atom. The van der Waals surface area contributed by atoms with Gasteiger partial charge in [-0.3, -0.25) is 48.8 Å². The minimum Gasteiger partial charge on any atom is -0.395 e. The van der Waals surface area contributed by atoms with Crippen LogP contribution in [0.25, 0.3) is 45.0 Å². The lowest BCUT2D eigenvalue weighted by atomic mass is 10.1. The molecule has 8 aromatic carbocycles. The number of β-amino-alcohol motifs (C(OH)–C–C–N with tert-alkyl or cyclic N) is 1. The number of aliphatic hydroxyl groups is 2. The summed E-state index contributed by atoms with van der Waals surface area (Å²) in [5.41, 5.74) is 9.83. The highest BCUT2D eigenvalue weighted by Gasteiger charge is 2.33. The van der Waals surface area contributed by atoms with Gasteiger partial charge in [0.25, 0.3) is 23.6 Å². The number of piperazine rings is 2. The summed E-state index contributed by atoms with van der Waals surface area (Å²) in [6.45, 7) is 5.67. The molecular weight excluding hydrogens is 1790 g/mol. The number of nitrogens with one attached hydrogen (secondary N) is 4. The fourth-order valence-corrected chi connectivity index (χ4v) is 19.6. The highest BCUT2D eigenvalue weighted by atomic mass is 35.5. The van der Waals surface area contributed by atoms with Gasteiger partial charge in [-0.05, 0) is 225 Å². The molecule has 12 aromatic rings. The van der Waals surface area contributed by atoms with E-state index in [0.717, 1.165) is 5.56 Å². The molecular formula is C91H87Cl4N13O15S4. The smallest absolute Gasteiger partial charge is 0.255 e. The number of benzene rings is 8. The molecule has 3 aliphatic rings. The zero-order chi connectivity index (χ0) is 90.6. The summed E-state index contributed by atoms with van der Waals surface area (Å²) in [6, 6.07) is 66.5. The molecule has 0 radical (unpaired) electrons. The number of hydrogen-bond donors (Lipinski definition) is 6. The van der Waals surface area contributed by atoms with Crippen LogP contribution in [-0.4, -0.2) is 207 Å². The predicted molar refractivity (Wildman–Crippen MR) is 492 cm³/mol. The van der Waals surface area contributed by atoms with Gasteiger partial charge in [0.15, 0.2) is 9.84 Å². The van der Waals surface area contributed by atoms with Crippen molar-refractivity contribution in [1.82, 2.24) is 42.7 Å². The molecule has 5 amide bonds. The molecule has 658 valence electrons. The van der Waals surface area contributed by atoms with Crippen LogP contribution in [0.15, 0.2) is 282 Å². The molecule has 6 N–H and O–H groups in total. The summed E-state index contributed by atoms with van der Waals surface area (Å²) in [6.07, 6.45) is 8.22. The average molecular weight is 1870 g/mol. The number of hydrogen-bond acceptors (Lipinski definition) is 20. The first-order valence-electron chi connectivity index (χ1n) is 39.7. The number of carbonyl (C=O) groups is 5. The van der Waals surface area contributed by atoms with Crippen molar-refractivity contribution in [3.05, 3.63) is 315 Å². The number of amides is 5. The molecule has 3 aliphatic heterocycles. The van der Waals surface area contributed by atoms with E-state index in [1.165, 1.54) is 98.9 Å². The summed E-state index contributed by atoms with van der Waals surface area (Å²) in [5, 5.41) is 32.0. The Hall–Kier alpha value is -11.6. The monoisotopic (exact) mass is 1870 g/mol. The second-order valence-electron chi connectivity index (χ2n) is 29.3. The van der Waals surface area contributed by atoms with Gasteiger partial charge in [0.1, 0.15) is 0 Å². The molecule has 0 unspecified atom stereocenters. The fraction of sp³-hybridized carbons (Fsp3) is 0.198. The molecule has 4 aromatic heterocycles. The van der Waals surface area contributed by atoms with Crippen LogP contribution in [0.4, 0.5) is 22.7 Å². The quantitative estimate of drug-likeness (QED) is 0.0367. The van der Waals surface area contributed by atoms with Gasteiger partial charge in [-0.2, -0.15) is 12.9 Å². The molecule has 0 saturated carbocycles. The molecule has 7 heterocycles. The van der Waals surface area contributed by atoms with Crippen LogP contribution in [0.2, 0.25) is 20.1 Å². The first-order valence-corrected chi connectivity index (χ1v) is 47.6. The van der Waals surface area contributed by atoms with Gasteiger partial charge in [-0.25, -0.2) is 33.7 Å². The zero-order valence-corrected chi connectivity index (χ0v) is 74.7. The number of anilines is 4. The number of sulfonamides is 3. The van der Waals surface area contributed by atoms with Crippen molar-refractivity contribution < 1.29 is 67.9 Å². The molecule has 127 heavy (non-hydrogen) atoms. The highest BCUT2D eigenvalue weighted by Crippen LogP contribution is 2.35. The van der Waals surface area contributed by atoms with Crippen LogP contribution in [0.1, 0.15) is 66.8 Å². The summed E-state index contributed by atoms with van der Waals surface area (Å²) in [4.78, 5) is 83.3. The van der Waals surface area contributed by atoms with Crippen molar-refractivity contribution in [2.45, 2.75) is 46.3 Å². The second-order valence-corrected chi connectivity index (χ2v) is 38.9. The molecule has 15 rings (SSSR count). The maximum absolute atomic E-state index is 13.0. The van der Waals surface area contributed by atoms with Gasteiger partial charge in [0, 0.05) is 177 Å². The fourth-order valence-electron chi connectivity index (χ4n) is 13.6. The van der Waals surface area contributed by atoms with E-state index in [-0.39, 0.29) is 82.8 Å². The number of aromatic nitrogens is 4. The first kappa shape index (κ1) is 94.6. The van der Waals surface area contributed by atoms with E-state index in [0.29, 0.717) is 169 Å². The van der Waals surface area contributed by atoms with Crippen molar-refractivity contribution in [2.75, 3.05) is 106 Å². The number of pyridine rings is 4. The van der Waals surface area contributed by atoms with Gasteiger partial charge in [0.05, 0.1) is 76.0 Å². The zero-order valence-electron chi connectivity index (χ0n) is 68.5. The Morgan fingerprint density at radius 3 is 0.906 bits per heavy atom. The summed E-state index contributed by atoms with van der Waals surface area (Å²) < 4.78 is 104. The number of aliphatic hydroxyl groups excluding tert-OH is 2. The molecule has 0 bridgehead atoms. The number of rotatable bonds is 22. The van der Waals surface area contributed by atoms with Gasteiger partial charge >= 0.3 is 0 Å². The number of sulfone groups is 1.